The maximum Gasteiger partial charge on any atom is 0.417 e. The fourth-order valence-corrected chi connectivity index (χ4v) is 5.10. The van der Waals surface area contributed by atoms with E-state index >= 15 is 0 Å². The maximum absolute atomic E-state index is 13.1. The van der Waals surface area contributed by atoms with Crippen molar-refractivity contribution >= 4 is 33.6 Å². The Hall–Kier alpha value is -1.89. The van der Waals surface area contributed by atoms with Gasteiger partial charge in [0.2, 0.25) is 15.9 Å². The van der Waals surface area contributed by atoms with E-state index in [0.717, 1.165) is 21.3 Å². The van der Waals surface area contributed by atoms with Crippen molar-refractivity contribution in [2.24, 2.45) is 0 Å². The van der Waals surface area contributed by atoms with E-state index in [9.17, 15) is 31.2 Å². The first-order valence-corrected chi connectivity index (χ1v) is 10.9. The molecule has 2 aliphatic heterocycles. The molecule has 1 atom stereocenters. The molecule has 1 unspecified atom stereocenters. The number of amides is 3. The molecular weight excluding hydrogens is 449 g/mol. The van der Waals surface area contributed by atoms with Gasteiger partial charge in [-0.05, 0) is 25.1 Å². The predicted molar refractivity (Wildman–Crippen MR) is 101 cm³/mol. The Balaban J connectivity index is 1.70. The minimum atomic E-state index is -4.78. The number of nitrogens with zero attached hydrogens (tertiary/aromatic N) is 3. The number of alkyl halides is 3. The summed E-state index contributed by atoms with van der Waals surface area (Å²) in [5.41, 5.74) is -1.22. The van der Waals surface area contributed by atoms with E-state index < -0.39 is 43.8 Å². The first-order valence-electron chi connectivity index (χ1n) is 9.13. The molecule has 2 heterocycles. The van der Waals surface area contributed by atoms with Crippen molar-refractivity contribution in [2.75, 3.05) is 39.3 Å². The fourth-order valence-electron chi connectivity index (χ4n) is 3.43. The highest BCUT2D eigenvalue weighted by Gasteiger charge is 2.38. The summed E-state index contributed by atoms with van der Waals surface area (Å²) >= 11 is 5.57. The summed E-state index contributed by atoms with van der Waals surface area (Å²) in [6, 6.07) is 1.39. The molecule has 0 saturated carbocycles. The number of rotatable bonds is 4. The van der Waals surface area contributed by atoms with Crippen LogP contribution in [0.15, 0.2) is 23.1 Å². The average Bonchev–Trinajstić information content (AvgIpc) is 3.12. The van der Waals surface area contributed by atoms with Gasteiger partial charge >= 0.3 is 12.2 Å². The largest absolute Gasteiger partial charge is 0.417 e. The van der Waals surface area contributed by atoms with E-state index in [4.69, 9.17) is 11.6 Å². The van der Waals surface area contributed by atoms with E-state index in [-0.39, 0.29) is 38.6 Å². The van der Waals surface area contributed by atoms with Gasteiger partial charge in [0.15, 0.2) is 0 Å². The van der Waals surface area contributed by atoms with Gasteiger partial charge in [-0.3, -0.25) is 14.6 Å². The topological polar surface area (TPSA) is 90.0 Å². The molecule has 0 radical (unpaired) electrons. The van der Waals surface area contributed by atoms with Crippen LogP contribution in [0.25, 0.3) is 0 Å². The highest BCUT2D eigenvalue weighted by atomic mass is 35.5. The molecule has 13 heteroatoms. The van der Waals surface area contributed by atoms with Crippen LogP contribution in [0.5, 0.6) is 0 Å². The van der Waals surface area contributed by atoms with Gasteiger partial charge in [0.25, 0.3) is 0 Å². The summed E-state index contributed by atoms with van der Waals surface area (Å²) in [4.78, 5) is 26.5. The number of urea groups is 1. The molecule has 0 aliphatic carbocycles. The van der Waals surface area contributed by atoms with Crippen LogP contribution in [0.1, 0.15) is 12.5 Å². The molecule has 1 aromatic rings. The van der Waals surface area contributed by atoms with Gasteiger partial charge in [0, 0.05) is 39.3 Å². The Morgan fingerprint density at radius 2 is 1.80 bits per heavy atom. The lowest BCUT2D eigenvalue weighted by Crippen LogP contribution is -2.55. The summed E-state index contributed by atoms with van der Waals surface area (Å²) < 4.78 is 65.9. The summed E-state index contributed by atoms with van der Waals surface area (Å²) in [5, 5.41) is 1.96. The molecule has 1 N–H and O–H groups in total. The molecular formula is C17H20ClF3N4O4S. The molecule has 30 heavy (non-hydrogen) atoms. The van der Waals surface area contributed by atoms with Crippen LogP contribution in [0.3, 0.4) is 0 Å². The fraction of sp³-hybridized carbons (Fsp3) is 0.529. The Morgan fingerprint density at radius 1 is 1.17 bits per heavy atom. The Morgan fingerprint density at radius 3 is 2.33 bits per heavy atom. The van der Waals surface area contributed by atoms with E-state index in [2.05, 4.69) is 5.32 Å². The quantitative estimate of drug-likeness (QED) is 0.725. The lowest BCUT2D eigenvalue weighted by Gasteiger charge is -2.37. The van der Waals surface area contributed by atoms with Gasteiger partial charge < -0.3 is 5.32 Å². The summed E-state index contributed by atoms with van der Waals surface area (Å²) in [6.07, 6.45) is -4.78. The third-order valence-corrected chi connectivity index (χ3v) is 7.41. The van der Waals surface area contributed by atoms with Crippen molar-refractivity contribution in [2.45, 2.75) is 24.0 Å². The second kappa shape index (κ2) is 8.33. The van der Waals surface area contributed by atoms with Crippen molar-refractivity contribution in [3.63, 3.8) is 0 Å². The maximum atomic E-state index is 13.1. The van der Waals surface area contributed by atoms with Gasteiger partial charge in [-0.2, -0.15) is 17.5 Å². The third-order valence-electron chi connectivity index (χ3n) is 5.18. The first kappa shape index (κ1) is 22.8. The van der Waals surface area contributed by atoms with E-state index in [1.807, 2.05) is 0 Å². The molecule has 3 amide bonds. The molecule has 3 rings (SSSR count). The highest BCUT2D eigenvalue weighted by Crippen LogP contribution is 2.36. The van der Waals surface area contributed by atoms with E-state index in [0.29, 0.717) is 12.6 Å². The number of benzene rings is 1. The molecule has 166 valence electrons. The molecule has 2 aliphatic rings. The lowest BCUT2D eigenvalue weighted by molar-refractivity contribution is -0.137. The zero-order valence-electron chi connectivity index (χ0n) is 15.9. The third kappa shape index (κ3) is 4.41. The Kier molecular flexibility index (Phi) is 6.33. The standard InChI is InChI=1S/C17H20ClF3N4O4S/c1-11(15(26)25-5-4-22-16(25)27)23-6-8-24(9-7-23)30(28,29)12-2-3-14(18)13(10-12)17(19,20)21/h2-3,10-11H,4-9H2,1H3,(H,22,27). The second-order valence-electron chi connectivity index (χ2n) is 6.98. The number of carbonyl (C=O) groups is 2. The molecule has 8 nitrogen and oxygen atoms in total. The van der Waals surface area contributed by atoms with Crippen LogP contribution in [0, 0.1) is 0 Å². The van der Waals surface area contributed by atoms with Crippen LogP contribution in [-0.2, 0) is 21.0 Å². The Labute approximate surface area is 176 Å². The van der Waals surface area contributed by atoms with Crippen molar-refractivity contribution in [3.05, 3.63) is 28.8 Å². The number of hydrogen-bond acceptors (Lipinski definition) is 5. The number of halogens is 4. The van der Waals surface area contributed by atoms with E-state index in [1.54, 1.807) is 11.8 Å². The zero-order chi connectivity index (χ0) is 22.3. The van der Waals surface area contributed by atoms with Gasteiger partial charge in [-0.25, -0.2) is 13.2 Å². The molecule has 2 fully saturated rings. The van der Waals surface area contributed by atoms with Crippen LogP contribution in [-0.4, -0.2) is 79.8 Å². The average molecular weight is 469 g/mol. The zero-order valence-corrected chi connectivity index (χ0v) is 17.5. The predicted octanol–water partition coefficient (Wildman–Crippen LogP) is 1.61. The molecule has 1 aromatic carbocycles. The molecule has 2 saturated heterocycles. The summed E-state index contributed by atoms with van der Waals surface area (Å²) in [5.74, 6) is -0.381. The number of carbonyl (C=O) groups excluding carboxylic acids is 2. The van der Waals surface area contributed by atoms with Crippen LogP contribution < -0.4 is 5.32 Å². The number of nitrogens with one attached hydrogen (secondary N) is 1. The van der Waals surface area contributed by atoms with Crippen LogP contribution >= 0.6 is 11.6 Å². The van der Waals surface area contributed by atoms with Gasteiger partial charge in [-0.1, -0.05) is 11.6 Å². The number of piperazine rings is 1. The Bertz CT molecular complexity index is 949. The molecule has 0 spiro atoms. The van der Waals surface area contributed by atoms with Crippen molar-refractivity contribution in [3.8, 4) is 0 Å². The van der Waals surface area contributed by atoms with Gasteiger partial charge in [0.05, 0.1) is 21.5 Å². The minimum absolute atomic E-state index is 0.00384. The monoisotopic (exact) mass is 468 g/mol. The summed E-state index contributed by atoms with van der Waals surface area (Å²) in [7, 11) is -4.17. The number of imide groups is 1. The number of hydrogen-bond donors (Lipinski definition) is 1. The van der Waals surface area contributed by atoms with Gasteiger partial charge in [-0.15, -0.1) is 0 Å². The minimum Gasteiger partial charge on any atom is -0.336 e. The lowest BCUT2D eigenvalue weighted by atomic mass is 10.2. The normalized spacial score (nSPS) is 20.3. The second-order valence-corrected chi connectivity index (χ2v) is 9.32. The number of sulfonamides is 1. The smallest absolute Gasteiger partial charge is 0.336 e. The highest BCUT2D eigenvalue weighted by molar-refractivity contribution is 7.89. The summed E-state index contributed by atoms with van der Waals surface area (Å²) in [6.45, 7) is 2.67. The molecule has 0 bridgehead atoms. The SMILES string of the molecule is CC(C(=O)N1CCNC1=O)N1CCN(S(=O)(=O)c2ccc(Cl)c(C(F)(F)F)c2)CC1. The van der Waals surface area contributed by atoms with Crippen molar-refractivity contribution in [1.29, 1.82) is 0 Å². The first-order chi connectivity index (χ1) is 13.9. The van der Waals surface area contributed by atoms with Crippen LogP contribution in [0.2, 0.25) is 5.02 Å². The van der Waals surface area contributed by atoms with Gasteiger partial charge in [0.1, 0.15) is 0 Å². The van der Waals surface area contributed by atoms with E-state index in [1.165, 1.54) is 0 Å². The molecule has 0 aromatic heterocycles. The van der Waals surface area contributed by atoms with Crippen LogP contribution in [0.4, 0.5) is 18.0 Å². The van der Waals surface area contributed by atoms with Crippen molar-refractivity contribution in [1.82, 2.24) is 19.4 Å². The van der Waals surface area contributed by atoms with Crippen molar-refractivity contribution < 1.29 is 31.2 Å².